The van der Waals surface area contributed by atoms with Gasteiger partial charge in [0.05, 0.1) is 5.56 Å². The quantitative estimate of drug-likeness (QED) is 0.857. The van der Waals surface area contributed by atoms with Crippen LogP contribution in [0.2, 0.25) is 5.02 Å². The van der Waals surface area contributed by atoms with Crippen LogP contribution in [0.25, 0.3) is 0 Å². The molecule has 1 fully saturated rings. The number of hydrogen-bond acceptors (Lipinski definition) is 2. The van der Waals surface area contributed by atoms with Crippen molar-refractivity contribution in [1.82, 2.24) is 14.5 Å². The van der Waals surface area contributed by atoms with Gasteiger partial charge in [-0.3, -0.25) is 4.79 Å². The summed E-state index contributed by atoms with van der Waals surface area (Å²) in [6.07, 6.45) is 5.62. The lowest BCUT2D eigenvalue weighted by molar-refractivity contribution is 0.0698. The zero-order chi connectivity index (χ0) is 16.4. The number of aromatic nitrogens is 2. The summed E-state index contributed by atoms with van der Waals surface area (Å²) in [5.41, 5.74) is 0.0777. The molecule has 2 heterocycles. The molecule has 0 aliphatic carbocycles. The summed E-state index contributed by atoms with van der Waals surface area (Å²) < 4.78 is 16.1. The van der Waals surface area contributed by atoms with Gasteiger partial charge in [-0.1, -0.05) is 11.6 Å². The highest BCUT2D eigenvalue weighted by Crippen LogP contribution is 2.27. The Morgan fingerprint density at radius 2 is 2.30 bits per heavy atom. The average Bonchev–Trinajstić information content (AvgIpc) is 3.03. The van der Waals surface area contributed by atoms with Gasteiger partial charge in [0.1, 0.15) is 11.6 Å². The third kappa shape index (κ3) is 3.24. The number of rotatable bonds is 3. The fourth-order valence-corrected chi connectivity index (χ4v) is 3.31. The summed E-state index contributed by atoms with van der Waals surface area (Å²) in [6, 6.07) is 4.18. The van der Waals surface area contributed by atoms with Crippen LogP contribution in [0.15, 0.2) is 30.6 Å². The Balaban J connectivity index is 1.79. The molecule has 0 bridgehead atoms. The van der Waals surface area contributed by atoms with Crippen LogP contribution in [-0.2, 0) is 6.54 Å². The third-order valence-corrected chi connectivity index (χ3v) is 4.56. The lowest BCUT2D eigenvalue weighted by Crippen LogP contribution is -2.40. The first-order chi connectivity index (χ1) is 11.1. The summed E-state index contributed by atoms with van der Waals surface area (Å²) in [7, 11) is 0. The van der Waals surface area contributed by atoms with Gasteiger partial charge in [-0.2, -0.15) is 0 Å². The van der Waals surface area contributed by atoms with Crippen molar-refractivity contribution in [3.05, 3.63) is 52.8 Å². The molecule has 0 spiro atoms. The van der Waals surface area contributed by atoms with Gasteiger partial charge in [-0.15, -0.1) is 0 Å². The van der Waals surface area contributed by atoms with Crippen molar-refractivity contribution in [2.75, 3.05) is 13.1 Å². The molecule has 3 rings (SSSR count). The van der Waals surface area contributed by atoms with E-state index in [1.54, 1.807) is 17.2 Å². The minimum Gasteiger partial charge on any atom is -0.338 e. The van der Waals surface area contributed by atoms with E-state index >= 15 is 0 Å². The lowest BCUT2D eigenvalue weighted by atomic mass is 9.96. The number of hydrogen-bond donors (Lipinski definition) is 0. The molecule has 1 aromatic carbocycles. The number of aryl methyl sites for hydroxylation is 1. The van der Waals surface area contributed by atoms with Crippen molar-refractivity contribution >= 4 is 17.5 Å². The molecule has 1 aliphatic heterocycles. The van der Waals surface area contributed by atoms with Crippen LogP contribution in [0.1, 0.15) is 41.9 Å². The number of halogens is 2. The third-order valence-electron chi connectivity index (χ3n) is 4.32. The SMILES string of the molecule is CCn1ccnc1[C@@H]1CCCN(C(=O)c2ccc(Cl)cc2F)C1. The van der Waals surface area contributed by atoms with Crippen LogP contribution in [0.3, 0.4) is 0 Å². The van der Waals surface area contributed by atoms with Crippen LogP contribution in [-0.4, -0.2) is 33.4 Å². The van der Waals surface area contributed by atoms with E-state index in [0.717, 1.165) is 25.2 Å². The first-order valence-electron chi connectivity index (χ1n) is 7.85. The highest BCUT2D eigenvalue weighted by atomic mass is 35.5. The first kappa shape index (κ1) is 16.0. The van der Waals surface area contributed by atoms with E-state index in [0.29, 0.717) is 18.1 Å². The Kier molecular flexibility index (Phi) is 4.66. The molecule has 0 unspecified atom stereocenters. The van der Waals surface area contributed by atoms with Gasteiger partial charge in [0.15, 0.2) is 0 Å². The molecule has 1 aromatic heterocycles. The number of amides is 1. The van der Waals surface area contributed by atoms with E-state index in [4.69, 9.17) is 11.6 Å². The predicted molar refractivity (Wildman–Crippen MR) is 87.2 cm³/mol. The van der Waals surface area contributed by atoms with Crippen molar-refractivity contribution in [3.8, 4) is 0 Å². The number of carbonyl (C=O) groups excluding carboxylic acids is 1. The molecular weight excluding hydrogens is 317 g/mol. The Morgan fingerprint density at radius 3 is 3.04 bits per heavy atom. The van der Waals surface area contributed by atoms with Gasteiger partial charge in [0, 0.05) is 43.0 Å². The summed E-state index contributed by atoms with van der Waals surface area (Å²) in [5.74, 6) is 0.345. The number of carbonyl (C=O) groups is 1. The topological polar surface area (TPSA) is 38.1 Å². The second-order valence-corrected chi connectivity index (χ2v) is 6.22. The van der Waals surface area contributed by atoms with Gasteiger partial charge in [0.2, 0.25) is 0 Å². The van der Waals surface area contributed by atoms with Crippen molar-refractivity contribution in [1.29, 1.82) is 0 Å². The van der Waals surface area contributed by atoms with E-state index in [2.05, 4.69) is 16.5 Å². The van der Waals surface area contributed by atoms with Crippen molar-refractivity contribution in [2.24, 2.45) is 0 Å². The fourth-order valence-electron chi connectivity index (χ4n) is 3.15. The second-order valence-electron chi connectivity index (χ2n) is 5.79. The highest BCUT2D eigenvalue weighted by Gasteiger charge is 2.28. The molecule has 1 saturated heterocycles. The number of imidazole rings is 1. The smallest absolute Gasteiger partial charge is 0.256 e. The standard InChI is InChI=1S/C17H19ClFN3O/c1-2-21-9-7-20-16(21)12-4-3-8-22(11-12)17(23)14-6-5-13(18)10-15(14)19/h5-7,9-10,12H,2-4,8,11H2,1H3/t12-/m1/s1. The largest absolute Gasteiger partial charge is 0.338 e. The zero-order valence-electron chi connectivity index (χ0n) is 13.0. The van der Waals surface area contributed by atoms with E-state index in [1.807, 2.05) is 6.20 Å². The van der Waals surface area contributed by atoms with E-state index in [-0.39, 0.29) is 17.4 Å². The van der Waals surface area contributed by atoms with Gasteiger partial charge >= 0.3 is 0 Å². The molecule has 0 N–H and O–H groups in total. The maximum absolute atomic E-state index is 14.0. The minimum atomic E-state index is -0.570. The van der Waals surface area contributed by atoms with Crippen LogP contribution in [0.5, 0.6) is 0 Å². The number of piperidine rings is 1. The molecule has 122 valence electrons. The molecule has 1 amide bonds. The number of likely N-dealkylation sites (tertiary alicyclic amines) is 1. The van der Waals surface area contributed by atoms with Crippen LogP contribution in [0.4, 0.5) is 4.39 Å². The average molecular weight is 336 g/mol. The Hall–Kier alpha value is -1.88. The van der Waals surface area contributed by atoms with Crippen molar-refractivity contribution in [3.63, 3.8) is 0 Å². The van der Waals surface area contributed by atoms with Gasteiger partial charge in [-0.25, -0.2) is 9.37 Å². The summed E-state index contributed by atoms with van der Waals surface area (Å²) in [6.45, 7) is 4.13. The first-order valence-corrected chi connectivity index (χ1v) is 8.23. The van der Waals surface area contributed by atoms with Gasteiger partial charge < -0.3 is 9.47 Å². The van der Waals surface area contributed by atoms with Gasteiger partial charge in [-0.05, 0) is 38.0 Å². The Morgan fingerprint density at radius 1 is 1.48 bits per heavy atom. The molecule has 1 aliphatic rings. The number of nitrogens with zero attached hydrogens (tertiary/aromatic N) is 3. The maximum Gasteiger partial charge on any atom is 0.256 e. The monoisotopic (exact) mass is 335 g/mol. The Bertz CT molecular complexity index is 716. The van der Waals surface area contributed by atoms with E-state index in [1.165, 1.54) is 12.1 Å². The second kappa shape index (κ2) is 6.71. The summed E-state index contributed by atoms with van der Waals surface area (Å²) in [5, 5.41) is 0.292. The molecular formula is C17H19ClFN3O. The van der Waals surface area contributed by atoms with Crippen molar-refractivity contribution < 1.29 is 9.18 Å². The van der Waals surface area contributed by atoms with Crippen LogP contribution < -0.4 is 0 Å². The normalized spacial score (nSPS) is 18.2. The van der Waals surface area contributed by atoms with Gasteiger partial charge in [0.25, 0.3) is 5.91 Å². The molecule has 23 heavy (non-hydrogen) atoms. The maximum atomic E-state index is 14.0. The van der Waals surface area contributed by atoms with Crippen LogP contribution >= 0.6 is 11.6 Å². The molecule has 2 aromatic rings. The molecule has 6 heteroatoms. The van der Waals surface area contributed by atoms with Crippen molar-refractivity contribution in [2.45, 2.75) is 32.2 Å². The highest BCUT2D eigenvalue weighted by molar-refractivity contribution is 6.30. The lowest BCUT2D eigenvalue weighted by Gasteiger charge is -2.32. The summed E-state index contributed by atoms with van der Waals surface area (Å²) in [4.78, 5) is 18.8. The zero-order valence-corrected chi connectivity index (χ0v) is 13.8. The summed E-state index contributed by atoms with van der Waals surface area (Å²) >= 11 is 5.76. The Labute approximate surface area is 139 Å². The number of benzene rings is 1. The molecule has 4 nitrogen and oxygen atoms in total. The van der Waals surface area contributed by atoms with E-state index in [9.17, 15) is 9.18 Å². The minimum absolute atomic E-state index is 0.0777. The molecule has 0 saturated carbocycles. The molecule has 0 radical (unpaired) electrons. The van der Waals surface area contributed by atoms with Crippen LogP contribution in [0, 0.1) is 5.82 Å². The van der Waals surface area contributed by atoms with E-state index < -0.39 is 5.82 Å². The predicted octanol–water partition coefficient (Wildman–Crippen LogP) is 3.72. The molecule has 1 atom stereocenters. The fraction of sp³-hybridized carbons (Fsp3) is 0.412.